The lowest BCUT2D eigenvalue weighted by Gasteiger charge is -2.50. The first-order chi connectivity index (χ1) is 9.78. The van der Waals surface area contributed by atoms with Crippen molar-refractivity contribution in [3.05, 3.63) is 0 Å². The number of hydrogen-bond acceptors (Lipinski definition) is 5. The van der Waals surface area contributed by atoms with E-state index in [1.54, 1.807) is 0 Å². The van der Waals surface area contributed by atoms with Crippen molar-refractivity contribution in [2.24, 2.45) is 10.7 Å². The molecule has 0 aromatic heterocycles. The number of nitrogens with two attached hydrogens (primary N) is 1. The van der Waals surface area contributed by atoms with Gasteiger partial charge in [0.05, 0.1) is 5.66 Å². The highest BCUT2D eigenvalue weighted by Crippen LogP contribution is 2.41. The molecule has 0 amide bonds. The molecule has 4 rings (SSSR count). The van der Waals surface area contributed by atoms with E-state index in [0.717, 1.165) is 0 Å². The zero-order valence-corrected chi connectivity index (χ0v) is 12.3. The number of nitrogens with zero attached hydrogens (tertiary/aromatic N) is 2. The van der Waals surface area contributed by atoms with Gasteiger partial charge in [0.15, 0.2) is 12.2 Å². The monoisotopic (exact) mass is 277 g/mol. The van der Waals surface area contributed by atoms with Crippen LogP contribution >= 0.6 is 0 Å². The quantitative estimate of drug-likeness (QED) is 0.627. The van der Waals surface area contributed by atoms with E-state index in [1.165, 1.54) is 64.2 Å². The summed E-state index contributed by atoms with van der Waals surface area (Å²) in [6.07, 6.45) is 13.2. The van der Waals surface area contributed by atoms with Crippen LogP contribution in [0.2, 0.25) is 0 Å². The van der Waals surface area contributed by atoms with Crippen LogP contribution in [0.3, 0.4) is 0 Å². The molecular formula is C15H27N5. The van der Waals surface area contributed by atoms with Crippen LogP contribution in [0.15, 0.2) is 4.99 Å². The van der Waals surface area contributed by atoms with E-state index in [9.17, 15) is 0 Å². The molecule has 112 valence electrons. The first kappa shape index (κ1) is 12.9. The van der Waals surface area contributed by atoms with Crippen LogP contribution < -0.4 is 16.4 Å². The molecule has 2 aliphatic heterocycles. The third kappa shape index (κ3) is 1.94. The number of fused-ring (bicyclic) bond motifs is 4. The van der Waals surface area contributed by atoms with E-state index in [-0.39, 0.29) is 12.0 Å². The molecule has 3 unspecified atom stereocenters. The fraction of sp³-hybridized carbons (Fsp3) is 0.933. The molecule has 0 bridgehead atoms. The molecule has 0 aromatic rings. The van der Waals surface area contributed by atoms with Crippen molar-refractivity contribution in [2.75, 3.05) is 0 Å². The molecule has 5 nitrogen and oxygen atoms in total. The highest BCUT2D eigenvalue weighted by molar-refractivity contribution is 5.79. The van der Waals surface area contributed by atoms with E-state index in [4.69, 9.17) is 5.73 Å². The van der Waals surface area contributed by atoms with Crippen molar-refractivity contribution < 1.29 is 0 Å². The molecule has 5 heteroatoms. The van der Waals surface area contributed by atoms with Gasteiger partial charge >= 0.3 is 0 Å². The van der Waals surface area contributed by atoms with Gasteiger partial charge in [-0.1, -0.05) is 25.7 Å². The summed E-state index contributed by atoms with van der Waals surface area (Å²) in [5.74, 6) is 0.638. The fourth-order valence-corrected chi connectivity index (χ4v) is 4.91. The molecule has 3 atom stereocenters. The van der Waals surface area contributed by atoms with Crippen LogP contribution in [0.25, 0.3) is 0 Å². The lowest BCUT2D eigenvalue weighted by atomic mass is 9.87. The molecule has 1 spiro atoms. The Morgan fingerprint density at radius 2 is 1.80 bits per heavy atom. The predicted molar refractivity (Wildman–Crippen MR) is 80.0 cm³/mol. The Kier molecular flexibility index (Phi) is 3.15. The number of hydrogen-bond donors (Lipinski definition) is 3. The van der Waals surface area contributed by atoms with Crippen LogP contribution in [0.5, 0.6) is 0 Å². The van der Waals surface area contributed by atoms with E-state index in [1.807, 2.05) is 0 Å². The molecule has 0 radical (unpaired) electrons. The number of guanidine groups is 1. The predicted octanol–water partition coefficient (Wildman–Crippen LogP) is 1.45. The molecular weight excluding hydrogens is 250 g/mol. The molecule has 4 N–H and O–H groups in total. The highest BCUT2D eigenvalue weighted by atomic mass is 15.6. The number of rotatable bonds is 0. The summed E-state index contributed by atoms with van der Waals surface area (Å²) in [4.78, 5) is 7.31. The third-order valence-corrected chi connectivity index (χ3v) is 5.76. The summed E-state index contributed by atoms with van der Waals surface area (Å²) >= 11 is 0. The lowest BCUT2D eigenvalue weighted by Crippen LogP contribution is -2.69. The highest BCUT2D eigenvalue weighted by Gasteiger charge is 2.53. The van der Waals surface area contributed by atoms with Crippen molar-refractivity contribution >= 4 is 5.96 Å². The molecule has 4 aliphatic rings. The minimum Gasteiger partial charge on any atom is -0.370 e. The van der Waals surface area contributed by atoms with Crippen molar-refractivity contribution in [1.29, 1.82) is 0 Å². The van der Waals surface area contributed by atoms with Crippen LogP contribution in [0.1, 0.15) is 64.2 Å². The summed E-state index contributed by atoms with van der Waals surface area (Å²) in [7, 11) is 0. The van der Waals surface area contributed by atoms with Crippen molar-refractivity contribution in [3.63, 3.8) is 0 Å². The van der Waals surface area contributed by atoms with Gasteiger partial charge in [0, 0.05) is 12.1 Å². The minimum absolute atomic E-state index is 0.0662. The van der Waals surface area contributed by atoms with Gasteiger partial charge < -0.3 is 11.1 Å². The molecule has 2 aliphatic carbocycles. The first-order valence-electron chi connectivity index (χ1n) is 8.44. The summed E-state index contributed by atoms with van der Waals surface area (Å²) in [6.45, 7) is 0. The van der Waals surface area contributed by atoms with Gasteiger partial charge in [-0.25, -0.2) is 9.89 Å². The maximum absolute atomic E-state index is 6.11. The Hall–Kier alpha value is -0.810. The molecule has 0 aromatic carbocycles. The minimum atomic E-state index is 0.0662. The Balaban J connectivity index is 1.69. The fourth-order valence-electron chi connectivity index (χ4n) is 4.91. The van der Waals surface area contributed by atoms with Crippen LogP contribution in [-0.4, -0.2) is 34.9 Å². The average Bonchev–Trinajstić information content (AvgIpc) is 2.66. The summed E-state index contributed by atoms with van der Waals surface area (Å²) in [5.41, 5.74) is 6.18. The van der Waals surface area contributed by atoms with Crippen molar-refractivity contribution in [1.82, 2.24) is 15.5 Å². The van der Waals surface area contributed by atoms with Crippen LogP contribution in [-0.2, 0) is 0 Å². The van der Waals surface area contributed by atoms with E-state index < -0.39 is 0 Å². The van der Waals surface area contributed by atoms with Gasteiger partial charge in [-0.15, -0.1) is 0 Å². The van der Waals surface area contributed by atoms with Crippen molar-refractivity contribution in [2.45, 2.75) is 88.2 Å². The van der Waals surface area contributed by atoms with Gasteiger partial charge in [-0.3, -0.25) is 5.32 Å². The second kappa shape index (κ2) is 4.88. The van der Waals surface area contributed by atoms with Crippen LogP contribution in [0.4, 0.5) is 0 Å². The van der Waals surface area contributed by atoms with Gasteiger partial charge in [0.2, 0.25) is 0 Å². The molecule has 3 fully saturated rings. The van der Waals surface area contributed by atoms with Gasteiger partial charge in [0.1, 0.15) is 0 Å². The van der Waals surface area contributed by atoms with E-state index in [2.05, 4.69) is 20.5 Å². The Labute approximate surface area is 121 Å². The topological polar surface area (TPSA) is 65.7 Å². The molecule has 20 heavy (non-hydrogen) atoms. The first-order valence-corrected chi connectivity index (χ1v) is 8.44. The Morgan fingerprint density at radius 1 is 1.05 bits per heavy atom. The Morgan fingerprint density at radius 3 is 2.60 bits per heavy atom. The normalized spacial score (nSPS) is 40.4. The largest absolute Gasteiger partial charge is 0.370 e. The smallest absolute Gasteiger partial charge is 0.192 e. The molecule has 2 heterocycles. The van der Waals surface area contributed by atoms with E-state index in [0.29, 0.717) is 18.0 Å². The van der Waals surface area contributed by atoms with Gasteiger partial charge in [-0.05, 0) is 38.5 Å². The lowest BCUT2D eigenvalue weighted by molar-refractivity contribution is -0.00743. The zero-order valence-electron chi connectivity index (χ0n) is 12.3. The average molecular weight is 277 g/mol. The number of aliphatic imine (C=N–C) groups is 1. The maximum Gasteiger partial charge on any atom is 0.192 e. The third-order valence-electron chi connectivity index (χ3n) is 5.76. The SMILES string of the molecule is NC1=NC2NC3CCCCC3N2C2(CCCCCC2)N1. The van der Waals surface area contributed by atoms with Gasteiger partial charge in [-0.2, -0.15) is 0 Å². The summed E-state index contributed by atoms with van der Waals surface area (Å²) in [6, 6.07) is 1.27. The summed E-state index contributed by atoms with van der Waals surface area (Å²) in [5, 5.41) is 7.33. The second-order valence-corrected chi connectivity index (χ2v) is 6.99. The molecule has 2 saturated carbocycles. The van der Waals surface area contributed by atoms with Crippen LogP contribution in [0, 0.1) is 0 Å². The zero-order chi connectivity index (χ0) is 13.6. The standard InChI is InChI=1S/C15H27N5/c16-13-18-14-17-11-7-3-4-8-12(11)20(14)15(19-13)9-5-1-2-6-10-15/h11-12,14,17H,1-10H2,(H3,16,18,19). The summed E-state index contributed by atoms with van der Waals surface area (Å²) < 4.78 is 0. The van der Waals surface area contributed by atoms with Gasteiger partial charge in [0.25, 0.3) is 0 Å². The van der Waals surface area contributed by atoms with Crippen molar-refractivity contribution in [3.8, 4) is 0 Å². The second-order valence-electron chi connectivity index (χ2n) is 6.99. The maximum atomic E-state index is 6.11. The molecule has 1 saturated heterocycles. The number of nitrogens with one attached hydrogen (secondary N) is 2. The van der Waals surface area contributed by atoms with E-state index >= 15 is 0 Å². The Bertz CT molecular complexity index is 399.